The molecule has 0 aliphatic rings. The molecule has 0 bridgehead atoms. The summed E-state index contributed by atoms with van der Waals surface area (Å²) in [5.41, 5.74) is 0.169. The minimum absolute atomic E-state index is 0.129. The van der Waals surface area contributed by atoms with Gasteiger partial charge in [0, 0.05) is 29.5 Å². The van der Waals surface area contributed by atoms with Gasteiger partial charge in [0.25, 0.3) is 5.69 Å². The number of Topliss-reactive ketones (excluding diaryl/α,β-unsaturated/α-hetero) is 1. The van der Waals surface area contributed by atoms with E-state index in [0.717, 1.165) is 6.26 Å². The highest BCUT2D eigenvalue weighted by atomic mass is 32.2. The van der Waals surface area contributed by atoms with Crippen LogP contribution in [0.5, 0.6) is 0 Å². The number of hydrogen-bond donors (Lipinski definition) is 1. The highest BCUT2D eigenvalue weighted by Gasteiger charge is 2.40. The van der Waals surface area contributed by atoms with E-state index in [1.54, 1.807) is 6.07 Å². The first kappa shape index (κ1) is 15.2. The standard InChI is InChI=1S/C13H14N2O5S/c1-13(2,21(3,19)20)12(16)9-7-14-11-8(9)5-4-6-10(11)15(17)18/h4-7,14H,1-3H3. The summed E-state index contributed by atoms with van der Waals surface area (Å²) in [6.07, 6.45) is 2.30. The molecule has 0 saturated carbocycles. The molecule has 1 heterocycles. The van der Waals surface area contributed by atoms with E-state index >= 15 is 0 Å². The molecule has 0 aliphatic carbocycles. The Bertz CT molecular complexity index is 849. The number of aromatic nitrogens is 1. The second kappa shape index (κ2) is 4.66. The molecular weight excluding hydrogens is 296 g/mol. The largest absolute Gasteiger partial charge is 0.355 e. The molecule has 2 rings (SSSR count). The number of rotatable bonds is 4. The number of sulfone groups is 1. The normalized spacial score (nSPS) is 12.5. The first-order chi connectivity index (χ1) is 9.57. The second-order valence-electron chi connectivity index (χ2n) is 5.27. The highest BCUT2D eigenvalue weighted by molar-refractivity contribution is 7.92. The van der Waals surface area contributed by atoms with Crippen LogP contribution in [0.4, 0.5) is 5.69 Å². The number of carbonyl (C=O) groups excluding carboxylic acids is 1. The van der Waals surface area contributed by atoms with Crippen molar-refractivity contribution in [3.05, 3.63) is 40.1 Å². The molecule has 8 heteroatoms. The summed E-state index contributed by atoms with van der Waals surface area (Å²) in [4.78, 5) is 25.6. The number of fused-ring (bicyclic) bond motifs is 1. The first-order valence-corrected chi connectivity index (χ1v) is 7.95. The summed E-state index contributed by atoms with van der Waals surface area (Å²) in [7, 11) is -3.62. The van der Waals surface area contributed by atoms with E-state index in [0.29, 0.717) is 5.39 Å². The van der Waals surface area contributed by atoms with Crippen LogP contribution in [0.3, 0.4) is 0 Å². The molecule has 112 valence electrons. The van der Waals surface area contributed by atoms with Crippen molar-refractivity contribution in [3.8, 4) is 0 Å². The third-order valence-electron chi connectivity index (χ3n) is 3.61. The van der Waals surface area contributed by atoms with Crippen LogP contribution < -0.4 is 0 Å². The Labute approximate surface area is 121 Å². The molecule has 0 aliphatic heterocycles. The van der Waals surface area contributed by atoms with E-state index in [-0.39, 0.29) is 16.8 Å². The van der Waals surface area contributed by atoms with Gasteiger partial charge in [-0.15, -0.1) is 0 Å². The molecule has 0 fully saturated rings. The molecular formula is C13H14N2O5S. The molecule has 1 aromatic heterocycles. The van der Waals surface area contributed by atoms with Crippen LogP contribution in [0, 0.1) is 10.1 Å². The first-order valence-electron chi connectivity index (χ1n) is 6.06. The van der Waals surface area contributed by atoms with Crippen LogP contribution in [0.25, 0.3) is 10.9 Å². The monoisotopic (exact) mass is 310 g/mol. The fourth-order valence-corrected chi connectivity index (χ4v) is 2.42. The Morgan fingerprint density at radius 3 is 2.48 bits per heavy atom. The number of nitro groups is 1. The molecule has 1 aromatic carbocycles. The van der Waals surface area contributed by atoms with Gasteiger partial charge in [0.1, 0.15) is 10.3 Å². The molecule has 0 atom stereocenters. The van der Waals surface area contributed by atoms with Crippen molar-refractivity contribution in [1.82, 2.24) is 4.98 Å². The summed E-state index contributed by atoms with van der Waals surface area (Å²) in [5.74, 6) is -0.600. The number of hydrogen-bond acceptors (Lipinski definition) is 5. The maximum Gasteiger partial charge on any atom is 0.293 e. The van der Waals surface area contributed by atoms with Gasteiger partial charge in [0.05, 0.1) is 4.92 Å². The number of nitrogens with zero attached hydrogens (tertiary/aromatic N) is 1. The lowest BCUT2D eigenvalue weighted by Gasteiger charge is -2.20. The zero-order valence-electron chi connectivity index (χ0n) is 11.7. The maximum absolute atomic E-state index is 12.5. The third-order valence-corrected chi connectivity index (χ3v) is 5.65. The van der Waals surface area contributed by atoms with Crippen molar-refractivity contribution in [2.75, 3.05) is 6.26 Å². The quantitative estimate of drug-likeness (QED) is 0.528. The predicted octanol–water partition coefficient (Wildman–Crippen LogP) is 2.08. The van der Waals surface area contributed by atoms with Crippen LogP contribution in [0.2, 0.25) is 0 Å². The van der Waals surface area contributed by atoms with Gasteiger partial charge >= 0.3 is 0 Å². The van der Waals surface area contributed by atoms with Crippen LogP contribution in [-0.2, 0) is 9.84 Å². The number of benzene rings is 1. The zero-order chi connectivity index (χ0) is 16.0. The SMILES string of the molecule is CC(C)(C(=O)c1c[nH]c2c([N+](=O)[O-])cccc12)S(C)(=O)=O. The van der Waals surface area contributed by atoms with E-state index < -0.39 is 25.3 Å². The molecule has 0 amide bonds. The molecule has 2 aromatic rings. The lowest BCUT2D eigenvalue weighted by molar-refractivity contribution is -0.383. The molecule has 7 nitrogen and oxygen atoms in total. The minimum atomic E-state index is -3.62. The predicted molar refractivity (Wildman–Crippen MR) is 78.2 cm³/mol. The van der Waals surface area contributed by atoms with Crippen LogP contribution in [0.1, 0.15) is 24.2 Å². The smallest absolute Gasteiger partial charge is 0.293 e. The molecule has 0 radical (unpaired) electrons. The fraction of sp³-hybridized carbons (Fsp3) is 0.308. The van der Waals surface area contributed by atoms with E-state index in [2.05, 4.69) is 4.98 Å². The van der Waals surface area contributed by atoms with E-state index in [1.165, 1.54) is 32.2 Å². The van der Waals surface area contributed by atoms with E-state index in [9.17, 15) is 23.3 Å². The number of aromatic amines is 1. The summed E-state index contributed by atoms with van der Waals surface area (Å²) < 4.78 is 21.9. The lowest BCUT2D eigenvalue weighted by Crippen LogP contribution is -2.39. The number of carbonyl (C=O) groups is 1. The average Bonchev–Trinajstić information content (AvgIpc) is 2.79. The van der Waals surface area contributed by atoms with Crippen molar-refractivity contribution < 1.29 is 18.1 Å². The van der Waals surface area contributed by atoms with Gasteiger partial charge in [-0.1, -0.05) is 12.1 Å². The Morgan fingerprint density at radius 1 is 1.33 bits per heavy atom. The van der Waals surface area contributed by atoms with Crippen LogP contribution in [-0.4, -0.2) is 35.1 Å². The van der Waals surface area contributed by atoms with Crippen molar-refractivity contribution in [2.45, 2.75) is 18.6 Å². The third kappa shape index (κ3) is 2.31. The van der Waals surface area contributed by atoms with Crippen LogP contribution in [0.15, 0.2) is 24.4 Å². The fourth-order valence-electron chi connectivity index (χ4n) is 1.97. The van der Waals surface area contributed by atoms with Crippen molar-refractivity contribution in [1.29, 1.82) is 0 Å². The Hall–Kier alpha value is -2.22. The number of nitro benzene ring substituents is 1. The molecule has 0 spiro atoms. The molecule has 21 heavy (non-hydrogen) atoms. The maximum atomic E-state index is 12.5. The van der Waals surface area contributed by atoms with Gasteiger partial charge < -0.3 is 4.98 Å². The number of ketones is 1. The molecule has 0 unspecified atom stereocenters. The number of para-hydroxylation sites is 1. The summed E-state index contributed by atoms with van der Waals surface area (Å²) in [6, 6.07) is 4.32. The highest BCUT2D eigenvalue weighted by Crippen LogP contribution is 2.30. The topological polar surface area (TPSA) is 110 Å². The second-order valence-corrected chi connectivity index (χ2v) is 7.84. The van der Waals surface area contributed by atoms with Crippen molar-refractivity contribution >= 4 is 32.2 Å². The van der Waals surface area contributed by atoms with Crippen molar-refractivity contribution in [3.63, 3.8) is 0 Å². The molecule has 0 saturated heterocycles. The Balaban J connectivity index is 2.68. The average molecular weight is 310 g/mol. The van der Waals surface area contributed by atoms with E-state index in [1.807, 2.05) is 0 Å². The summed E-state index contributed by atoms with van der Waals surface area (Å²) in [5, 5.41) is 11.3. The van der Waals surface area contributed by atoms with Gasteiger partial charge in [0.2, 0.25) is 0 Å². The number of non-ortho nitro benzene ring substituents is 1. The van der Waals surface area contributed by atoms with Gasteiger partial charge in [-0.05, 0) is 13.8 Å². The van der Waals surface area contributed by atoms with Gasteiger partial charge in [-0.3, -0.25) is 14.9 Å². The van der Waals surface area contributed by atoms with Gasteiger partial charge in [-0.2, -0.15) is 0 Å². The number of nitrogens with one attached hydrogen (secondary N) is 1. The lowest BCUT2D eigenvalue weighted by atomic mass is 9.99. The van der Waals surface area contributed by atoms with Crippen LogP contribution >= 0.6 is 0 Å². The Kier molecular flexibility index (Phi) is 3.37. The minimum Gasteiger partial charge on any atom is -0.355 e. The van der Waals surface area contributed by atoms with E-state index in [4.69, 9.17) is 0 Å². The van der Waals surface area contributed by atoms with Gasteiger partial charge in [-0.25, -0.2) is 8.42 Å². The molecule has 1 N–H and O–H groups in total. The Morgan fingerprint density at radius 2 is 1.95 bits per heavy atom. The zero-order valence-corrected chi connectivity index (χ0v) is 12.5. The van der Waals surface area contributed by atoms with Gasteiger partial charge in [0.15, 0.2) is 15.6 Å². The summed E-state index contributed by atoms with van der Waals surface area (Å²) in [6.45, 7) is 2.64. The summed E-state index contributed by atoms with van der Waals surface area (Å²) >= 11 is 0. The number of H-pyrrole nitrogens is 1. The van der Waals surface area contributed by atoms with Crippen molar-refractivity contribution in [2.24, 2.45) is 0 Å².